The van der Waals surface area contributed by atoms with Gasteiger partial charge in [-0.25, -0.2) is 13.1 Å². The minimum atomic E-state index is -3.49. The van der Waals surface area contributed by atoms with Crippen molar-refractivity contribution in [3.8, 4) is 5.75 Å². The first-order valence-corrected chi connectivity index (χ1v) is 8.59. The molecule has 2 aromatic rings. The lowest BCUT2D eigenvalue weighted by Gasteiger charge is -2.06. The fraction of sp³-hybridized carbons (Fsp3) is 0.125. The average Bonchev–Trinajstić information content (AvgIpc) is 2.52. The molecular weight excluding hydrogens is 322 g/mol. The van der Waals surface area contributed by atoms with Crippen LogP contribution in [-0.2, 0) is 10.0 Å². The molecule has 116 valence electrons. The number of nitrogens with one attached hydrogen (secondary N) is 1. The molecule has 0 heterocycles. The molecule has 0 bridgehead atoms. The van der Waals surface area contributed by atoms with Crippen molar-refractivity contribution in [2.45, 2.75) is 0 Å². The zero-order valence-electron chi connectivity index (χ0n) is 11.8. The molecular formula is C16H16ClNO3S. The molecule has 0 aliphatic carbocycles. The maximum absolute atomic E-state index is 11.8. The Kier molecular flexibility index (Phi) is 6.00. The first-order valence-electron chi connectivity index (χ1n) is 6.66. The van der Waals surface area contributed by atoms with Crippen molar-refractivity contribution in [3.63, 3.8) is 0 Å². The van der Waals surface area contributed by atoms with E-state index in [2.05, 4.69) is 4.72 Å². The Morgan fingerprint density at radius 3 is 2.41 bits per heavy atom. The molecule has 0 fully saturated rings. The van der Waals surface area contributed by atoms with Crippen molar-refractivity contribution in [2.24, 2.45) is 0 Å². The van der Waals surface area contributed by atoms with Gasteiger partial charge in [0.25, 0.3) is 0 Å². The lowest BCUT2D eigenvalue weighted by atomic mass is 10.2. The number of benzene rings is 2. The van der Waals surface area contributed by atoms with E-state index < -0.39 is 10.0 Å². The summed E-state index contributed by atoms with van der Waals surface area (Å²) in [6, 6.07) is 16.1. The second kappa shape index (κ2) is 7.98. The summed E-state index contributed by atoms with van der Waals surface area (Å²) in [7, 11) is -3.49. The van der Waals surface area contributed by atoms with Crippen molar-refractivity contribution in [2.75, 3.05) is 13.2 Å². The zero-order chi connectivity index (χ0) is 15.8. The van der Waals surface area contributed by atoms with Gasteiger partial charge in [-0.1, -0.05) is 41.9 Å². The van der Waals surface area contributed by atoms with Gasteiger partial charge in [0.1, 0.15) is 12.4 Å². The van der Waals surface area contributed by atoms with Gasteiger partial charge in [0, 0.05) is 17.0 Å². The minimum Gasteiger partial charge on any atom is -0.492 e. The van der Waals surface area contributed by atoms with Crippen LogP contribution in [0.5, 0.6) is 5.75 Å². The van der Waals surface area contributed by atoms with Crippen LogP contribution in [0.15, 0.2) is 60.0 Å². The third kappa shape index (κ3) is 5.89. The predicted molar refractivity (Wildman–Crippen MR) is 89.3 cm³/mol. The fourth-order valence-electron chi connectivity index (χ4n) is 1.66. The number of hydrogen-bond acceptors (Lipinski definition) is 3. The minimum absolute atomic E-state index is 0.197. The standard InChI is InChI=1S/C16H16ClNO3S/c17-15-8-6-14(7-9-15)10-13-22(19,20)18-11-12-21-16-4-2-1-3-5-16/h1-10,13,18H,11-12H2. The molecule has 0 unspecified atom stereocenters. The molecule has 1 N–H and O–H groups in total. The van der Waals surface area contributed by atoms with Crippen molar-refractivity contribution in [1.82, 2.24) is 4.72 Å². The van der Waals surface area contributed by atoms with Gasteiger partial charge in [0.2, 0.25) is 10.0 Å². The number of rotatable bonds is 7. The van der Waals surface area contributed by atoms with Crippen LogP contribution in [0.3, 0.4) is 0 Å². The van der Waals surface area contributed by atoms with Crippen molar-refractivity contribution < 1.29 is 13.2 Å². The summed E-state index contributed by atoms with van der Waals surface area (Å²) in [4.78, 5) is 0. The van der Waals surface area contributed by atoms with Crippen LogP contribution in [0.2, 0.25) is 5.02 Å². The Morgan fingerprint density at radius 1 is 1.05 bits per heavy atom. The topological polar surface area (TPSA) is 55.4 Å². The third-order valence-corrected chi connectivity index (χ3v) is 4.08. The molecule has 6 heteroatoms. The lowest BCUT2D eigenvalue weighted by Crippen LogP contribution is -2.26. The van der Waals surface area contributed by atoms with E-state index in [9.17, 15) is 8.42 Å². The molecule has 0 aliphatic heterocycles. The summed E-state index contributed by atoms with van der Waals surface area (Å²) in [5, 5.41) is 1.73. The SMILES string of the molecule is O=S(=O)(C=Cc1ccc(Cl)cc1)NCCOc1ccccc1. The third-order valence-electron chi connectivity index (χ3n) is 2.73. The number of hydrogen-bond donors (Lipinski definition) is 1. The maximum Gasteiger partial charge on any atom is 0.233 e. The number of sulfonamides is 1. The molecule has 0 radical (unpaired) electrons. The second-order valence-electron chi connectivity index (χ2n) is 4.46. The molecule has 22 heavy (non-hydrogen) atoms. The van der Waals surface area contributed by atoms with E-state index in [0.29, 0.717) is 10.8 Å². The van der Waals surface area contributed by atoms with Gasteiger partial charge in [-0.2, -0.15) is 0 Å². The van der Waals surface area contributed by atoms with E-state index in [1.165, 1.54) is 6.08 Å². The molecule has 0 aromatic heterocycles. The van der Waals surface area contributed by atoms with Gasteiger partial charge in [0.05, 0.1) is 0 Å². The van der Waals surface area contributed by atoms with Crippen molar-refractivity contribution in [1.29, 1.82) is 0 Å². The van der Waals surface area contributed by atoms with Gasteiger partial charge >= 0.3 is 0 Å². The van der Waals surface area contributed by atoms with Crippen molar-refractivity contribution >= 4 is 27.7 Å². The lowest BCUT2D eigenvalue weighted by molar-refractivity contribution is 0.323. The summed E-state index contributed by atoms with van der Waals surface area (Å²) in [6.07, 6.45) is 1.51. The van der Waals surface area contributed by atoms with Gasteiger partial charge in [0.15, 0.2) is 0 Å². The quantitative estimate of drug-likeness (QED) is 0.789. The predicted octanol–water partition coefficient (Wildman–Crippen LogP) is 3.31. The van der Waals surface area contributed by atoms with E-state index in [1.807, 2.05) is 30.3 Å². The van der Waals surface area contributed by atoms with Crippen LogP contribution in [0.25, 0.3) is 6.08 Å². The van der Waals surface area contributed by atoms with Crippen LogP contribution < -0.4 is 9.46 Å². The molecule has 0 amide bonds. The Hall–Kier alpha value is -1.82. The van der Waals surface area contributed by atoms with Crippen LogP contribution in [-0.4, -0.2) is 21.6 Å². The summed E-state index contributed by atoms with van der Waals surface area (Å²) >= 11 is 5.77. The molecule has 0 aliphatic rings. The molecule has 0 saturated heterocycles. The van der Waals surface area contributed by atoms with Gasteiger partial charge in [-0.15, -0.1) is 0 Å². The van der Waals surface area contributed by atoms with E-state index in [1.54, 1.807) is 24.3 Å². The molecule has 2 aromatic carbocycles. The van der Waals surface area contributed by atoms with E-state index in [-0.39, 0.29) is 13.2 Å². The van der Waals surface area contributed by atoms with Crippen LogP contribution in [0, 0.1) is 0 Å². The molecule has 2 rings (SSSR count). The highest BCUT2D eigenvalue weighted by Crippen LogP contribution is 2.11. The molecule has 0 spiro atoms. The largest absolute Gasteiger partial charge is 0.492 e. The summed E-state index contributed by atoms with van der Waals surface area (Å²) in [5.41, 5.74) is 0.760. The normalized spacial score (nSPS) is 11.7. The van der Waals surface area contributed by atoms with Gasteiger partial charge < -0.3 is 4.74 Å². The monoisotopic (exact) mass is 337 g/mol. The molecule has 0 atom stereocenters. The first kappa shape index (κ1) is 16.5. The van der Waals surface area contributed by atoms with E-state index >= 15 is 0 Å². The van der Waals surface area contributed by atoms with Gasteiger partial charge in [-0.3, -0.25) is 0 Å². The second-order valence-corrected chi connectivity index (χ2v) is 6.54. The first-order chi connectivity index (χ1) is 10.6. The molecule has 4 nitrogen and oxygen atoms in total. The highest BCUT2D eigenvalue weighted by molar-refractivity contribution is 7.92. The van der Waals surface area contributed by atoms with Crippen LogP contribution in [0.4, 0.5) is 0 Å². The van der Waals surface area contributed by atoms with Crippen LogP contribution in [0.1, 0.15) is 5.56 Å². The van der Waals surface area contributed by atoms with E-state index in [4.69, 9.17) is 16.3 Å². The Labute approximate surface area is 135 Å². The Bertz CT molecular complexity index is 713. The average molecular weight is 338 g/mol. The summed E-state index contributed by atoms with van der Waals surface area (Å²) in [6.45, 7) is 0.459. The highest BCUT2D eigenvalue weighted by Gasteiger charge is 2.04. The number of para-hydroxylation sites is 1. The number of ether oxygens (including phenoxy) is 1. The Balaban J connectivity index is 1.80. The zero-order valence-corrected chi connectivity index (χ0v) is 13.3. The smallest absolute Gasteiger partial charge is 0.233 e. The molecule has 0 saturated carbocycles. The van der Waals surface area contributed by atoms with Gasteiger partial charge in [-0.05, 0) is 35.9 Å². The summed E-state index contributed by atoms with van der Waals surface area (Å²) < 4.78 is 31.5. The van der Waals surface area contributed by atoms with E-state index in [0.717, 1.165) is 11.0 Å². The number of halogens is 1. The maximum atomic E-state index is 11.8. The van der Waals surface area contributed by atoms with Crippen LogP contribution >= 0.6 is 11.6 Å². The summed E-state index contributed by atoms with van der Waals surface area (Å²) in [5.74, 6) is 0.707. The Morgan fingerprint density at radius 2 is 1.73 bits per heavy atom. The highest BCUT2D eigenvalue weighted by atomic mass is 35.5. The van der Waals surface area contributed by atoms with Crippen molar-refractivity contribution in [3.05, 3.63) is 70.6 Å². The fourth-order valence-corrected chi connectivity index (χ4v) is 2.59.